The van der Waals surface area contributed by atoms with E-state index in [1.165, 1.54) is 24.0 Å². The van der Waals surface area contributed by atoms with Crippen LogP contribution in [0.5, 0.6) is 5.75 Å². The molecule has 2 rings (SSSR count). The number of benzene rings is 1. The van der Waals surface area contributed by atoms with Crippen molar-refractivity contribution in [3.8, 4) is 5.75 Å². The molecule has 0 radical (unpaired) electrons. The van der Waals surface area contributed by atoms with Gasteiger partial charge in [-0.25, -0.2) is 0 Å². The summed E-state index contributed by atoms with van der Waals surface area (Å²) in [5, 5.41) is 13.6. The van der Waals surface area contributed by atoms with E-state index in [1.54, 1.807) is 0 Å². The normalized spacial score (nSPS) is 23.8. The molecule has 1 aromatic carbocycles. The van der Waals surface area contributed by atoms with Gasteiger partial charge in [0.1, 0.15) is 5.75 Å². The van der Waals surface area contributed by atoms with Crippen LogP contribution in [0.2, 0.25) is 0 Å². The van der Waals surface area contributed by atoms with E-state index in [0.717, 1.165) is 18.7 Å². The molecule has 1 fully saturated rings. The topological polar surface area (TPSA) is 35.5 Å². The van der Waals surface area contributed by atoms with Crippen molar-refractivity contribution in [1.29, 1.82) is 0 Å². The molecule has 0 amide bonds. The minimum atomic E-state index is 0.0683. The summed E-state index contributed by atoms with van der Waals surface area (Å²) in [5.74, 6) is 0.409. The van der Waals surface area contributed by atoms with Gasteiger partial charge in [0.05, 0.1) is 0 Å². The van der Waals surface area contributed by atoms with Gasteiger partial charge in [0.2, 0.25) is 0 Å². The maximum Gasteiger partial charge on any atom is 0.120 e. The molecule has 0 aromatic heterocycles. The molecular weight excluding hydrogens is 224 g/mol. The van der Waals surface area contributed by atoms with Crippen molar-refractivity contribution in [1.82, 2.24) is 10.2 Å². The molecule has 3 nitrogen and oxygen atoms in total. The number of hydrogen-bond donors (Lipinski definition) is 2. The summed E-state index contributed by atoms with van der Waals surface area (Å²) in [4.78, 5) is 2.09. The van der Waals surface area contributed by atoms with Crippen molar-refractivity contribution in [2.24, 2.45) is 0 Å². The van der Waals surface area contributed by atoms with Crippen LogP contribution >= 0.6 is 0 Å². The molecule has 3 heteroatoms. The zero-order valence-corrected chi connectivity index (χ0v) is 11.9. The summed E-state index contributed by atoms with van der Waals surface area (Å²) in [7, 11) is 4.06. The van der Waals surface area contributed by atoms with Crippen molar-refractivity contribution in [3.63, 3.8) is 0 Å². The lowest BCUT2D eigenvalue weighted by Gasteiger charge is -2.29. The van der Waals surface area contributed by atoms with E-state index in [4.69, 9.17) is 0 Å². The van der Waals surface area contributed by atoms with Gasteiger partial charge in [-0.3, -0.25) is 0 Å². The van der Waals surface area contributed by atoms with Gasteiger partial charge in [-0.2, -0.15) is 0 Å². The monoisotopic (exact) mass is 248 g/mol. The Morgan fingerprint density at radius 2 is 2.11 bits per heavy atom. The highest BCUT2D eigenvalue weighted by Crippen LogP contribution is 2.36. The maximum absolute atomic E-state index is 10.0. The minimum absolute atomic E-state index is 0.0683. The van der Waals surface area contributed by atoms with Crippen LogP contribution in [0.15, 0.2) is 12.1 Å². The predicted molar refractivity (Wildman–Crippen MR) is 74.8 cm³/mol. The summed E-state index contributed by atoms with van der Waals surface area (Å²) >= 11 is 0. The second kappa shape index (κ2) is 4.90. The summed E-state index contributed by atoms with van der Waals surface area (Å²) in [6.07, 6.45) is 2.39. The molecule has 1 heterocycles. The molecule has 100 valence electrons. The van der Waals surface area contributed by atoms with Gasteiger partial charge in [-0.15, -0.1) is 0 Å². The average molecular weight is 248 g/mol. The Labute approximate surface area is 110 Å². The van der Waals surface area contributed by atoms with Gasteiger partial charge < -0.3 is 15.3 Å². The molecule has 1 saturated heterocycles. The fourth-order valence-electron chi connectivity index (χ4n) is 2.98. The van der Waals surface area contributed by atoms with Crippen LogP contribution in [-0.4, -0.2) is 30.6 Å². The Morgan fingerprint density at radius 1 is 1.39 bits per heavy atom. The summed E-state index contributed by atoms with van der Waals surface area (Å²) < 4.78 is 0. The fraction of sp³-hybridized carbons (Fsp3) is 0.600. The first kappa shape index (κ1) is 13.4. The molecule has 0 saturated carbocycles. The second-order valence-corrected chi connectivity index (χ2v) is 5.84. The molecule has 1 aromatic rings. The Bertz CT molecular complexity index is 434. The molecule has 1 aliphatic rings. The lowest BCUT2D eigenvalue weighted by Crippen LogP contribution is -2.34. The Morgan fingerprint density at radius 3 is 2.67 bits per heavy atom. The molecule has 0 bridgehead atoms. The Hall–Kier alpha value is -1.06. The average Bonchev–Trinajstić information content (AvgIpc) is 2.71. The molecule has 2 N–H and O–H groups in total. The molecule has 0 spiro atoms. The van der Waals surface area contributed by atoms with Crippen LogP contribution in [0.1, 0.15) is 36.5 Å². The van der Waals surface area contributed by atoms with Gasteiger partial charge in [-0.05, 0) is 64.5 Å². The number of aromatic hydroxyl groups is 1. The third kappa shape index (κ3) is 2.38. The largest absolute Gasteiger partial charge is 0.508 e. The van der Waals surface area contributed by atoms with Crippen molar-refractivity contribution >= 4 is 0 Å². The van der Waals surface area contributed by atoms with E-state index >= 15 is 0 Å². The standard InChI is InChI=1S/C15H24N2O/c1-11-12(10-17(3)4)14(18)7-6-13(11)15(2)8-5-9-16-15/h6-7,16,18H,5,8-10H2,1-4H3. The highest BCUT2D eigenvalue weighted by molar-refractivity contribution is 5.46. The zero-order chi connectivity index (χ0) is 13.3. The van der Waals surface area contributed by atoms with E-state index in [9.17, 15) is 5.11 Å². The molecular formula is C15H24N2O. The lowest BCUT2D eigenvalue weighted by molar-refractivity contribution is 0.380. The van der Waals surface area contributed by atoms with E-state index in [1.807, 2.05) is 20.2 Å². The van der Waals surface area contributed by atoms with E-state index in [2.05, 4.69) is 30.1 Å². The first-order valence-corrected chi connectivity index (χ1v) is 6.66. The molecule has 1 atom stereocenters. The molecule has 0 aliphatic carbocycles. The van der Waals surface area contributed by atoms with Crippen LogP contribution < -0.4 is 5.32 Å². The highest BCUT2D eigenvalue weighted by atomic mass is 16.3. The van der Waals surface area contributed by atoms with Gasteiger partial charge in [0.25, 0.3) is 0 Å². The highest BCUT2D eigenvalue weighted by Gasteiger charge is 2.32. The van der Waals surface area contributed by atoms with E-state index in [-0.39, 0.29) is 5.54 Å². The SMILES string of the molecule is Cc1c(C2(C)CCCN2)ccc(O)c1CN(C)C. The third-order valence-electron chi connectivity index (χ3n) is 4.01. The van der Waals surface area contributed by atoms with E-state index in [0.29, 0.717) is 5.75 Å². The predicted octanol–water partition coefficient (Wildman–Crippen LogP) is 2.36. The van der Waals surface area contributed by atoms with Crippen molar-refractivity contribution in [2.75, 3.05) is 20.6 Å². The van der Waals surface area contributed by atoms with Gasteiger partial charge >= 0.3 is 0 Å². The van der Waals surface area contributed by atoms with Gasteiger partial charge in [0.15, 0.2) is 0 Å². The summed E-state index contributed by atoms with van der Waals surface area (Å²) in [5.41, 5.74) is 3.67. The van der Waals surface area contributed by atoms with Crippen molar-refractivity contribution in [2.45, 2.75) is 38.8 Å². The second-order valence-electron chi connectivity index (χ2n) is 5.84. The molecule has 1 unspecified atom stereocenters. The quantitative estimate of drug-likeness (QED) is 0.862. The van der Waals surface area contributed by atoms with Crippen molar-refractivity contribution < 1.29 is 5.11 Å². The van der Waals surface area contributed by atoms with Crippen LogP contribution in [0.3, 0.4) is 0 Å². The van der Waals surface area contributed by atoms with Crippen LogP contribution in [0.25, 0.3) is 0 Å². The minimum Gasteiger partial charge on any atom is -0.508 e. The third-order valence-corrected chi connectivity index (χ3v) is 4.01. The number of rotatable bonds is 3. The summed E-state index contributed by atoms with van der Waals surface area (Å²) in [6.45, 7) is 6.25. The molecule has 1 aliphatic heterocycles. The lowest BCUT2D eigenvalue weighted by atomic mass is 9.85. The van der Waals surface area contributed by atoms with Crippen LogP contribution in [0, 0.1) is 6.92 Å². The number of nitrogens with zero attached hydrogens (tertiary/aromatic N) is 1. The zero-order valence-electron chi connectivity index (χ0n) is 11.9. The smallest absolute Gasteiger partial charge is 0.120 e. The van der Waals surface area contributed by atoms with Gasteiger partial charge in [-0.1, -0.05) is 6.07 Å². The molecule has 18 heavy (non-hydrogen) atoms. The van der Waals surface area contributed by atoms with E-state index < -0.39 is 0 Å². The van der Waals surface area contributed by atoms with Crippen LogP contribution in [-0.2, 0) is 12.1 Å². The van der Waals surface area contributed by atoms with Crippen LogP contribution in [0.4, 0.5) is 0 Å². The van der Waals surface area contributed by atoms with Gasteiger partial charge in [0, 0.05) is 17.6 Å². The number of phenols is 1. The fourth-order valence-corrected chi connectivity index (χ4v) is 2.98. The number of phenolic OH excluding ortho intramolecular Hbond substituents is 1. The number of nitrogens with one attached hydrogen (secondary N) is 1. The first-order chi connectivity index (χ1) is 8.44. The Balaban J connectivity index is 2.43. The Kier molecular flexibility index (Phi) is 3.64. The first-order valence-electron chi connectivity index (χ1n) is 6.66. The van der Waals surface area contributed by atoms with Crippen molar-refractivity contribution in [3.05, 3.63) is 28.8 Å². The summed E-state index contributed by atoms with van der Waals surface area (Å²) in [6, 6.07) is 3.91. The maximum atomic E-state index is 10.0. The number of hydrogen-bond acceptors (Lipinski definition) is 3.